The normalized spacial score (nSPS) is 21.5. The van der Waals surface area contributed by atoms with Crippen LogP contribution < -0.4 is 0 Å². The summed E-state index contributed by atoms with van der Waals surface area (Å²) in [6.45, 7) is 2.54. The van der Waals surface area contributed by atoms with Gasteiger partial charge >= 0.3 is 12.1 Å². The molecule has 0 amide bonds. The van der Waals surface area contributed by atoms with Crippen LogP contribution in [0.3, 0.4) is 0 Å². The molecular formula is C21H24F3NO7. The number of alkyl halides is 3. The van der Waals surface area contributed by atoms with Crippen molar-refractivity contribution in [1.29, 1.82) is 0 Å². The van der Waals surface area contributed by atoms with Crippen LogP contribution >= 0.6 is 0 Å². The number of ether oxygens (including phenoxy) is 3. The Morgan fingerprint density at radius 3 is 2.50 bits per heavy atom. The van der Waals surface area contributed by atoms with E-state index >= 15 is 0 Å². The van der Waals surface area contributed by atoms with Gasteiger partial charge in [-0.25, -0.2) is 4.98 Å². The Morgan fingerprint density at radius 2 is 1.91 bits per heavy atom. The van der Waals surface area contributed by atoms with Gasteiger partial charge in [-0.15, -0.1) is 0 Å². The highest BCUT2D eigenvalue weighted by Crippen LogP contribution is 2.37. The van der Waals surface area contributed by atoms with Crippen molar-refractivity contribution in [1.82, 2.24) is 4.98 Å². The van der Waals surface area contributed by atoms with E-state index in [4.69, 9.17) is 14.2 Å². The van der Waals surface area contributed by atoms with Gasteiger partial charge in [-0.3, -0.25) is 19.2 Å². The molecule has 2 unspecified atom stereocenters. The average Bonchev–Trinajstić information content (AvgIpc) is 2.73. The molecule has 176 valence electrons. The maximum absolute atomic E-state index is 13.2. The number of hydrogen-bond acceptors (Lipinski definition) is 8. The Balaban J connectivity index is 2.43. The second-order valence-corrected chi connectivity index (χ2v) is 7.41. The SMILES string of the molecule is CCOC(=O)C1(C)CCC(=O)C(C(=O)c2ccc(C(F)(F)F)nc2COCCOC)C1=O. The van der Waals surface area contributed by atoms with Crippen LogP contribution in [0.4, 0.5) is 13.2 Å². The van der Waals surface area contributed by atoms with E-state index in [2.05, 4.69) is 4.98 Å². The van der Waals surface area contributed by atoms with Crippen molar-refractivity contribution < 1.29 is 46.6 Å². The zero-order chi connectivity index (χ0) is 24.1. The van der Waals surface area contributed by atoms with Crippen LogP contribution in [-0.2, 0) is 41.4 Å². The number of esters is 1. The lowest BCUT2D eigenvalue weighted by molar-refractivity contribution is -0.163. The molecule has 1 saturated carbocycles. The zero-order valence-corrected chi connectivity index (χ0v) is 17.9. The molecule has 0 aliphatic heterocycles. The van der Waals surface area contributed by atoms with Gasteiger partial charge in [0.2, 0.25) is 0 Å². The number of Topliss-reactive ketones (excluding diaryl/α,β-unsaturated/α-hetero) is 3. The minimum Gasteiger partial charge on any atom is -0.465 e. The number of aromatic nitrogens is 1. The second-order valence-electron chi connectivity index (χ2n) is 7.41. The Hall–Kier alpha value is -2.66. The highest BCUT2D eigenvalue weighted by Gasteiger charge is 2.53. The van der Waals surface area contributed by atoms with Gasteiger partial charge in [-0.2, -0.15) is 13.2 Å². The highest BCUT2D eigenvalue weighted by atomic mass is 19.4. The van der Waals surface area contributed by atoms with Gasteiger partial charge in [0.25, 0.3) is 0 Å². The molecule has 1 heterocycles. The van der Waals surface area contributed by atoms with Gasteiger partial charge in [0.1, 0.15) is 17.0 Å². The van der Waals surface area contributed by atoms with Crippen molar-refractivity contribution in [3.05, 3.63) is 29.1 Å². The molecule has 1 aromatic rings. The molecule has 1 aliphatic rings. The lowest BCUT2D eigenvalue weighted by Gasteiger charge is -2.33. The summed E-state index contributed by atoms with van der Waals surface area (Å²) in [6.07, 6.45) is -5.13. The highest BCUT2D eigenvalue weighted by molar-refractivity contribution is 6.29. The molecule has 2 atom stereocenters. The summed E-state index contributed by atoms with van der Waals surface area (Å²) in [5.41, 5.74) is -3.68. The van der Waals surface area contributed by atoms with E-state index < -0.39 is 53.1 Å². The predicted molar refractivity (Wildman–Crippen MR) is 103 cm³/mol. The lowest BCUT2D eigenvalue weighted by atomic mass is 9.67. The maximum Gasteiger partial charge on any atom is 0.433 e. The van der Waals surface area contributed by atoms with E-state index in [1.165, 1.54) is 14.0 Å². The van der Waals surface area contributed by atoms with Crippen molar-refractivity contribution in [2.75, 3.05) is 26.9 Å². The molecule has 0 radical (unpaired) electrons. The largest absolute Gasteiger partial charge is 0.465 e. The molecule has 11 heteroatoms. The van der Waals surface area contributed by atoms with Crippen LogP contribution in [0.2, 0.25) is 0 Å². The average molecular weight is 459 g/mol. The summed E-state index contributed by atoms with van der Waals surface area (Å²) < 4.78 is 54.3. The number of ketones is 3. The molecule has 2 rings (SSSR count). The lowest BCUT2D eigenvalue weighted by Crippen LogP contribution is -2.50. The Bertz CT molecular complexity index is 900. The summed E-state index contributed by atoms with van der Waals surface area (Å²) in [4.78, 5) is 54.5. The number of halogens is 3. The van der Waals surface area contributed by atoms with Crippen molar-refractivity contribution in [2.24, 2.45) is 11.3 Å². The van der Waals surface area contributed by atoms with Crippen LogP contribution in [0.25, 0.3) is 0 Å². The number of carbonyl (C=O) groups is 4. The van der Waals surface area contributed by atoms with E-state index in [1.807, 2.05) is 0 Å². The number of pyridine rings is 1. The van der Waals surface area contributed by atoms with Gasteiger partial charge in [-0.1, -0.05) is 0 Å². The molecule has 0 bridgehead atoms. The molecule has 0 spiro atoms. The van der Waals surface area contributed by atoms with E-state index in [0.29, 0.717) is 6.07 Å². The maximum atomic E-state index is 13.2. The molecular weight excluding hydrogens is 435 g/mol. The molecule has 32 heavy (non-hydrogen) atoms. The van der Waals surface area contributed by atoms with Crippen LogP contribution in [0, 0.1) is 11.3 Å². The van der Waals surface area contributed by atoms with Crippen molar-refractivity contribution in [3.8, 4) is 0 Å². The fourth-order valence-electron chi connectivity index (χ4n) is 3.32. The van der Waals surface area contributed by atoms with Gasteiger partial charge < -0.3 is 14.2 Å². The molecule has 0 N–H and O–H groups in total. The van der Waals surface area contributed by atoms with Gasteiger partial charge in [0.05, 0.1) is 32.1 Å². The van der Waals surface area contributed by atoms with E-state index in [9.17, 15) is 32.3 Å². The fraction of sp³-hybridized carbons (Fsp3) is 0.571. The second kappa shape index (κ2) is 10.3. The Morgan fingerprint density at radius 1 is 1.22 bits per heavy atom. The smallest absolute Gasteiger partial charge is 0.433 e. The first kappa shape index (κ1) is 25.6. The van der Waals surface area contributed by atoms with Crippen molar-refractivity contribution in [3.63, 3.8) is 0 Å². The van der Waals surface area contributed by atoms with Crippen LogP contribution in [0.5, 0.6) is 0 Å². The molecule has 1 fully saturated rings. The third-order valence-corrected chi connectivity index (χ3v) is 5.19. The number of hydrogen-bond donors (Lipinski definition) is 0. The number of rotatable bonds is 9. The summed E-state index contributed by atoms with van der Waals surface area (Å²) in [5, 5.41) is 0. The first-order valence-electron chi connectivity index (χ1n) is 9.89. The molecule has 1 aliphatic carbocycles. The molecule has 1 aromatic heterocycles. The quantitative estimate of drug-likeness (QED) is 0.240. The summed E-state index contributed by atoms with van der Waals surface area (Å²) in [6, 6.07) is 1.46. The number of methoxy groups -OCH3 is 1. The standard InChI is InChI=1S/C21H24F3NO7/c1-4-32-19(29)20(2)8-7-14(26)16(18(20)28)17(27)12-5-6-15(21(22,23)24)25-13(12)11-31-10-9-30-3/h5-6,16H,4,7-11H2,1-3H3. The van der Waals surface area contributed by atoms with Crippen LogP contribution in [0.1, 0.15) is 48.4 Å². The fourth-order valence-corrected chi connectivity index (χ4v) is 3.32. The third kappa shape index (κ3) is 5.39. The molecule has 0 aromatic carbocycles. The first-order chi connectivity index (χ1) is 15.0. The van der Waals surface area contributed by atoms with E-state index in [0.717, 1.165) is 6.07 Å². The van der Waals surface area contributed by atoms with E-state index in [1.54, 1.807) is 6.92 Å². The van der Waals surface area contributed by atoms with Gasteiger partial charge in [0, 0.05) is 19.1 Å². The third-order valence-electron chi connectivity index (χ3n) is 5.19. The van der Waals surface area contributed by atoms with Gasteiger partial charge in [0.15, 0.2) is 17.3 Å². The number of carbonyl (C=O) groups excluding carboxylic acids is 4. The van der Waals surface area contributed by atoms with Crippen molar-refractivity contribution in [2.45, 2.75) is 39.5 Å². The Kier molecular flexibility index (Phi) is 8.24. The Labute approximate surface area is 182 Å². The predicted octanol–water partition coefficient (Wildman–Crippen LogP) is 2.56. The summed E-state index contributed by atoms with van der Waals surface area (Å²) in [5.74, 6) is -5.38. The molecule has 0 saturated heterocycles. The summed E-state index contributed by atoms with van der Waals surface area (Å²) in [7, 11) is 1.40. The van der Waals surface area contributed by atoms with Gasteiger partial charge in [-0.05, 0) is 32.4 Å². The monoisotopic (exact) mass is 459 g/mol. The van der Waals surface area contributed by atoms with Crippen LogP contribution in [0.15, 0.2) is 12.1 Å². The number of nitrogens with zero attached hydrogens (tertiary/aromatic N) is 1. The topological polar surface area (TPSA) is 109 Å². The first-order valence-corrected chi connectivity index (χ1v) is 9.89. The summed E-state index contributed by atoms with van der Waals surface area (Å²) >= 11 is 0. The minimum atomic E-state index is -4.78. The van der Waals surface area contributed by atoms with Crippen molar-refractivity contribution >= 4 is 23.3 Å². The zero-order valence-electron chi connectivity index (χ0n) is 17.9. The van der Waals surface area contributed by atoms with Crippen LogP contribution in [-0.4, -0.2) is 55.2 Å². The molecule has 8 nitrogen and oxygen atoms in total. The minimum absolute atomic E-state index is 0.0000482. The van der Waals surface area contributed by atoms with E-state index in [-0.39, 0.29) is 43.9 Å².